The van der Waals surface area contributed by atoms with E-state index < -0.39 is 23.2 Å². The van der Waals surface area contributed by atoms with Crippen LogP contribution in [0.1, 0.15) is 68.3 Å². The Hall–Kier alpha value is -2.18. The van der Waals surface area contributed by atoms with Crippen molar-refractivity contribution in [3.8, 4) is 22.3 Å². The minimum absolute atomic E-state index is 0. The van der Waals surface area contributed by atoms with Crippen molar-refractivity contribution in [3.63, 3.8) is 0 Å². The van der Waals surface area contributed by atoms with Gasteiger partial charge in [-0.25, -0.2) is 0 Å². The molecule has 41 heavy (non-hydrogen) atoms. The fourth-order valence-corrected chi connectivity index (χ4v) is 12.3. The Morgan fingerprint density at radius 3 is 1.22 bits per heavy atom. The Labute approximate surface area is 270 Å². The van der Waals surface area contributed by atoms with E-state index in [1.807, 2.05) is 0 Å². The number of aryl methyl sites for hydroxylation is 2. The Bertz CT molecular complexity index is 1470. The summed E-state index contributed by atoms with van der Waals surface area (Å²) in [4.78, 5) is 0. The molecule has 0 saturated heterocycles. The van der Waals surface area contributed by atoms with Gasteiger partial charge < -0.3 is 24.8 Å². The number of fused-ring (bicyclic) bond motifs is 2. The first-order valence-corrected chi connectivity index (χ1v) is 17.2. The summed E-state index contributed by atoms with van der Waals surface area (Å²) >= 11 is -0.956. The second-order valence-corrected chi connectivity index (χ2v) is 15.6. The van der Waals surface area contributed by atoms with Gasteiger partial charge >= 0.3 is 248 Å². The minimum atomic E-state index is -0.956. The predicted molar refractivity (Wildman–Crippen MR) is 164 cm³/mol. The monoisotopic (exact) mass is 654 g/mol. The van der Waals surface area contributed by atoms with Gasteiger partial charge in [0.05, 0.1) is 0 Å². The maximum Gasteiger partial charge on any atom is -1.00 e. The van der Waals surface area contributed by atoms with Gasteiger partial charge in [0.15, 0.2) is 0 Å². The van der Waals surface area contributed by atoms with Gasteiger partial charge in [0, 0.05) is 0 Å². The molecule has 0 heterocycles. The van der Waals surface area contributed by atoms with Crippen molar-refractivity contribution in [2.45, 2.75) is 48.8 Å². The number of benzene rings is 4. The summed E-state index contributed by atoms with van der Waals surface area (Å²) in [7, 11) is 0. The standard InChI is InChI=1S/2C19H19.2ClH.Zr/c2*1-13(2)17-11-16-5-4-6-18(19(16)12-17)15-9-7-14(3)8-10-15;;;/h2*4-13H,1-3H3;2*1H;/q;;;;+2/p-2. The summed E-state index contributed by atoms with van der Waals surface area (Å²) < 4.78 is 1.21. The van der Waals surface area contributed by atoms with Crippen molar-refractivity contribution in [3.05, 3.63) is 129 Å². The summed E-state index contributed by atoms with van der Waals surface area (Å²) in [6.07, 6.45) is 5.14. The van der Waals surface area contributed by atoms with Crippen molar-refractivity contribution in [1.29, 1.82) is 0 Å². The summed E-state index contributed by atoms with van der Waals surface area (Å²) in [5.74, 6) is 1.11. The van der Waals surface area contributed by atoms with E-state index >= 15 is 0 Å². The van der Waals surface area contributed by atoms with Crippen LogP contribution >= 0.6 is 0 Å². The first-order chi connectivity index (χ1) is 18.8. The molecule has 0 nitrogen and oxygen atoms in total. The van der Waals surface area contributed by atoms with Gasteiger partial charge in [-0.05, 0) is 0 Å². The van der Waals surface area contributed by atoms with Crippen LogP contribution in [0.3, 0.4) is 0 Å². The molecule has 0 bridgehead atoms. The Morgan fingerprint density at radius 1 is 0.512 bits per heavy atom. The van der Waals surface area contributed by atoms with E-state index in [9.17, 15) is 0 Å². The van der Waals surface area contributed by atoms with Crippen LogP contribution in [0.2, 0.25) is 0 Å². The molecule has 208 valence electrons. The van der Waals surface area contributed by atoms with Crippen LogP contribution in [-0.2, 0) is 23.2 Å². The molecular formula is C38H38Cl2Zr. The van der Waals surface area contributed by atoms with Gasteiger partial charge in [0.25, 0.3) is 0 Å². The van der Waals surface area contributed by atoms with Gasteiger partial charge in [-0.15, -0.1) is 0 Å². The van der Waals surface area contributed by atoms with Crippen molar-refractivity contribution in [2.75, 3.05) is 0 Å². The zero-order chi connectivity index (χ0) is 27.3. The fraction of sp³-hybridized carbons (Fsp3) is 0.263. The largest absolute Gasteiger partial charge is 1.00 e. The molecule has 0 aromatic heterocycles. The SMILES string of the molecule is Cc1ccc(-c2cccc3c2C=C(C(C)C)[CH]3[Zr+2][CH]2C(C(C)C)=Cc3c(-c4ccc(C)cc4)cccc32)cc1.[Cl-].[Cl-]. The molecule has 2 aliphatic carbocycles. The number of hydrogen-bond acceptors (Lipinski definition) is 0. The van der Waals surface area contributed by atoms with Crippen LogP contribution in [0.15, 0.2) is 96.1 Å². The average Bonchev–Trinajstić information content (AvgIpc) is 3.49. The summed E-state index contributed by atoms with van der Waals surface area (Å²) in [6.45, 7) is 13.9. The van der Waals surface area contributed by atoms with Crippen LogP contribution in [0.25, 0.3) is 34.4 Å². The Kier molecular flexibility index (Phi) is 10.1. The first kappa shape index (κ1) is 31.8. The molecule has 2 unspecified atom stereocenters. The predicted octanol–water partition coefficient (Wildman–Crippen LogP) is 4.62. The molecule has 0 spiro atoms. The topological polar surface area (TPSA) is 0 Å². The molecule has 2 atom stereocenters. The van der Waals surface area contributed by atoms with Gasteiger partial charge in [0.2, 0.25) is 0 Å². The van der Waals surface area contributed by atoms with Crippen LogP contribution in [0, 0.1) is 25.7 Å². The van der Waals surface area contributed by atoms with Crippen molar-refractivity contribution in [1.82, 2.24) is 0 Å². The third-order valence-electron chi connectivity index (χ3n) is 8.58. The molecule has 0 N–H and O–H groups in total. The maximum atomic E-state index is 2.57. The Balaban J connectivity index is 0.00000194. The van der Waals surface area contributed by atoms with E-state index in [-0.39, 0.29) is 24.8 Å². The molecule has 0 aliphatic heterocycles. The van der Waals surface area contributed by atoms with Crippen LogP contribution < -0.4 is 24.8 Å². The first-order valence-electron chi connectivity index (χ1n) is 14.4. The average molecular weight is 657 g/mol. The molecule has 0 saturated carbocycles. The summed E-state index contributed by atoms with van der Waals surface area (Å²) in [5.41, 5.74) is 17.5. The van der Waals surface area contributed by atoms with Gasteiger partial charge in [0.1, 0.15) is 0 Å². The maximum absolute atomic E-state index is 2.57. The number of allylic oxidation sites excluding steroid dienone is 2. The molecule has 4 aromatic carbocycles. The van der Waals surface area contributed by atoms with Crippen molar-refractivity contribution < 1.29 is 48.0 Å². The fourth-order valence-electron chi connectivity index (χ4n) is 6.36. The third kappa shape index (κ3) is 6.02. The quantitative estimate of drug-likeness (QED) is 0.285. The molecule has 6 rings (SSSR count). The van der Waals surface area contributed by atoms with E-state index in [1.54, 1.807) is 22.3 Å². The number of halogens is 2. The molecule has 0 amide bonds. The second kappa shape index (κ2) is 13.0. The molecule has 3 heteroatoms. The zero-order valence-corrected chi connectivity index (χ0v) is 28.8. The Morgan fingerprint density at radius 2 is 0.878 bits per heavy atom. The van der Waals surface area contributed by atoms with E-state index in [2.05, 4.69) is 139 Å². The summed E-state index contributed by atoms with van der Waals surface area (Å²) in [5, 5.41) is 0. The van der Waals surface area contributed by atoms with E-state index in [4.69, 9.17) is 0 Å². The van der Waals surface area contributed by atoms with Crippen molar-refractivity contribution in [2.24, 2.45) is 11.8 Å². The minimum Gasteiger partial charge on any atom is -1.00 e. The molecule has 0 fully saturated rings. The third-order valence-corrected chi connectivity index (χ3v) is 13.4. The zero-order valence-electron chi connectivity index (χ0n) is 24.8. The number of rotatable bonds is 6. The smallest absolute Gasteiger partial charge is 1.00 e. The van der Waals surface area contributed by atoms with E-state index in [1.165, 1.54) is 44.5 Å². The molecule has 4 aromatic rings. The van der Waals surface area contributed by atoms with Crippen LogP contribution in [0.4, 0.5) is 0 Å². The molecular weight excluding hydrogens is 619 g/mol. The van der Waals surface area contributed by atoms with E-state index in [0.29, 0.717) is 19.1 Å². The second-order valence-electron chi connectivity index (χ2n) is 12.0. The van der Waals surface area contributed by atoms with Crippen molar-refractivity contribution >= 4 is 12.2 Å². The van der Waals surface area contributed by atoms with Gasteiger partial charge in [-0.2, -0.15) is 0 Å². The van der Waals surface area contributed by atoms with E-state index in [0.717, 1.165) is 0 Å². The van der Waals surface area contributed by atoms with Gasteiger partial charge in [-0.3, -0.25) is 0 Å². The van der Waals surface area contributed by atoms with Crippen LogP contribution in [-0.4, -0.2) is 0 Å². The van der Waals surface area contributed by atoms with Gasteiger partial charge in [-0.1, -0.05) is 0 Å². The number of hydrogen-bond donors (Lipinski definition) is 0. The molecule has 2 aliphatic rings. The summed E-state index contributed by atoms with van der Waals surface area (Å²) in [6, 6.07) is 32.2. The normalized spacial score (nSPS) is 16.8. The van der Waals surface area contributed by atoms with Crippen LogP contribution in [0.5, 0.6) is 0 Å². The molecule has 0 radical (unpaired) electrons.